The van der Waals surface area contributed by atoms with E-state index in [4.69, 9.17) is 19.9 Å². The Hall–Kier alpha value is -2.63. The topological polar surface area (TPSA) is 415 Å². The molecule has 2 heterocycles. The van der Waals surface area contributed by atoms with E-state index in [1.165, 1.54) is 39.0 Å². The van der Waals surface area contributed by atoms with E-state index in [0.717, 1.165) is 0 Å². The minimum atomic E-state index is -1.88. The van der Waals surface area contributed by atoms with Crippen molar-refractivity contribution in [1.82, 2.24) is 0 Å². The molecule has 0 aromatic heterocycles. The predicted octanol–water partition coefficient (Wildman–Crippen LogP) is 0.196. The Balaban J connectivity index is 2.42. The number of allylic oxidation sites excluding steroid dienone is 2. The van der Waals surface area contributed by atoms with Crippen LogP contribution in [0.2, 0.25) is 0 Å². The number of hydrogen-bond acceptors (Lipinski definition) is 22. The molecular weight excluding hydrogens is 1070 g/mol. The van der Waals surface area contributed by atoms with Gasteiger partial charge in [0.05, 0.1) is 86.0 Å². The van der Waals surface area contributed by atoms with Crippen molar-refractivity contribution in [3.8, 4) is 0 Å². The number of rotatable bonds is 8. The molecule has 0 radical (unpaired) electrons. The van der Waals surface area contributed by atoms with Crippen molar-refractivity contribution in [3.05, 3.63) is 59.8 Å². The van der Waals surface area contributed by atoms with Gasteiger partial charge in [-0.2, -0.15) is 0 Å². The molecule has 0 saturated carbocycles. The van der Waals surface area contributed by atoms with Crippen molar-refractivity contribution >= 4 is 5.97 Å². The normalized spacial score (nSPS) is 44.2. The third-order valence-electron chi connectivity index (χ3n) is 16.5. The summed E-state index contributed by atoms with van der Waals surface area (Å²) in [5, 5.41) is 185. The zero-order valence-electron chi connectivity index (χ0n) is 49.5. The molecule has 21 unspecified atom stereocenters. The molecule has 82 heavy (non-hydrogen) atoms. The number of carbonyl (C=O) groups excluding carboxylic acids is 1. The van der Waals surface area contributed by atoms with Gasteiger partial charge in [-0.15, -0.1) is 0 Å². The van der Waals surface area contributed by atoms with Crippen LogP contribution in [0.3, 0.4) is 0 Å². The first-order chi connectivity index (χ1) is 38.4. The lowest BCUT2D eigenvalue weighted by Gasteiger charge is -2.41. The SMILES string of the molecule is C/C1=C\CCC(C)C(O)C(C)C(O)CC/C=C/C(C)C(O)/C=C/C(C)C(O)/C(C)=C/C(O[C@H]2O[C@H](CO)[C@@H](O)[C@H](O)[C@@H]2O)C(O)CC(O)CC(O)CC(O)C(C)C(O)C(C)C(O)CC(O)CC(O)/C=C/CC(CC(O)CCCN)OC1=O. The molecular formula is C60H107NO21. The van der Waals surface area contributed by atoms with Gasteiger partial charge in [0.15, 0.2) is 6.29 Å². The van der Waals surface area contributed by atoms with Crippen molar-refractivity contribution in [3.63, 3.8) is 0 Å². The highest BCUT2D eigenvalue weighted by Gasteiger charge is 2.45. The van der Waals surface area contributed by atoms with Gasteiger partial charge < -0.3 is 107 Å². The van der Waals surface area contributed by atoms with Crippen LogP contribution < -0.4 is 5.73 Å². The lowest BCUT2D eigenvalue weighted by atomic mass is 9.82. The predicted molar refractivity (Wildman–Crippen MR) is 306 cm³/mol. The highest BCUT2D eigenvalue weighted by atomic mass is 16.7. The fraction of sp³-hybridized carbons (Fsp3) is 0.817. The van der Waals surface area contributed by atoms with E-state index in [1.807, 2.05) is 13.0 Å². The average molecular weight is 1180 g/mol. The van der Waals surface area contributed by atoms with Crippen LogP contribution in [0.5, 0.6) is 0 Å². The van der Waals surface area contributed by atoms with Gasteiger partial charge in [-0.3, -0.25) is 0 Å². The monoisotopic (exact) mass is 1180 g/mol. The van der Waals surface area contributed by atoms with Crippen LogP contribution in [-0.2, 0) is 19.0 Å². The molecule has 0 spiro atoms. The van der Waals surface area contributed by atoms with Crippen LogP contribution in [0.25, 0.3) is 0 Å². The Morgan fingerprint density at radius 1 is 0.634 bits per heavy atom. The molecule has 22 nitrogen and oxygen atoms in total. The molecule has 478 valence electrons. The second-order valence-electron chi connectivity index (χ2n) is 23.7. The first-order valence-corrected chi connectivity index (χ1v) is 29.5. The van der Waals surface area contributed by atoms with Crippen molar-refractivity contribution in [2.75, 3.05) is 13.2 Å². The number of carbonyl (C=O) groups is 1. The van der Waals surface area contributed by atoms with E-state index in [-0.39, 0.29) is 43.6 Å². The fourth-order valence-corrected chi connectivity index (χ4v) is 10.3. The third kappa shape index (κ3) is 26.1. The molecule has 0 amide bonds. The van der Waals surface area contributed by atoms with Gasteiger partial charge in [0, 0.05) is 60.8 Å². The molecule has 22 heteroatoms. The summed E-state index contributed by atoms with van der Waals surface area (Å²) in [4.78, 5) is 13.3. The number of aliphatic hydroxyl groups is 17. The summed E-state index contributed by atoms with van der Waals surface area (Å²) in [6.07, 6.45) is -13.0. The quantitative estimate of drug-likeness (QED) is 0.114. The average Bonchev–Trinajstić information content (AvgIpc) is 3.57. The Kier molecular flexibility index (Phi) is 35.4. The maximum Gasteiger partial charge on any atom is 0.333 e. The standard InChI is InChI=1S/C60H107NO21/c1-32-14-9-10-20-47(69)37(6)54(74)33(2)15-11-16-35(4)59(79)80-45(27-41(64)18-13-23-61)19-12-17-40(63)25-42(65)28-48(70)38(7)55(75)39(8)49(71)29-43(66)26-44(67)30-50(72)51(24-36(5)53(73)34(3)21-22-46(32)68)81-60-58(78)57(77)56(76)52(31-62)82-60/h9,12,14,16-17,21-22,24,32-34,37-58,60,62-78H,10-11,13,15,18-20,23,25-31,61H2,1-8H3/b14-9+,17-12+,22-21+,35-16+,36-24+/t32?,33?,34?,37?,38?,39?,40?,41?,42?,43?,44?,45?,46?,47?,48?,49?,50?,51?,52-,53?,54?,55?,56-,57+,58+,60+/m1/s1. The first kappa shape index (κ1) is 75.5. The van der Waals surface area contributed by atoms with Crippen molar-refractivity contribution in [1.29, 1.82) is 0 Å². The van der Waals surface area contributed by atoms with Gasteiger partial charge in [-0.05, 0) is 89.7 Å². The number of nitrogens with two attached hydrogens (primary N) is 1. The molecule has 1 saturated heterocycles. The van der Waals surface area contributed by atoms with E-state index in [1.54, 1.807) is 52.0 Å². The Labute approximate surface area is 485 Å². The van der Waals surface area contributed by atoms with Gasteiger partial charge >= 0.3 is 5.97 Å². The molecule has 2 aliphatic heterocycles. The zero-order chi connectivity index (χ0) is 62.1. The Morgan fingerprint density at radius 3 is 1.82 bits per heavy atom. The summed E-state index contributed by atoms with van der Waals surface area (Å²) >= 11 is 0. The van der Waals surface area contributed by atoms with E-state index in [2.05, 4.69) is 0 Å². The fourth-order valence-electron chi connectivity index (χ4n) is 10.3. The molecule has 1 fully saturated rings. The molecule has 26 atom stereocenters. The largest absolute Gasteiger partial charge is 0.459 e. The van der Waals surface area contributed by atoms with Gasteiger partial charge in [0.1, 0.15) is 36.6 Å². The minimum Gasteiger partial charge on any atom is -0.459 e. The minimum absolute atomic E-state index is 0.0861. The molecule has 2 rings (SSSR count). The van der Waals surface area contributed by atoms with Gasteiger partial charge in [-0.1, -0.05) is 90.2 Å². The first-order valence-electron chi connectivity index (χ1n) is 29.5. The van der Waals surface area contributed by atoms with E-state index >= 15 is 0 Å². The summed E-state index contributed by atoms with van der Waals surface area (Å²) in [7, 11) is 0. The number of cyclic esters (lactones) is 1. The van der Waals surface area contributed by atoms with Crippen LogP contribution >= 0.6 is 0 Å². The number of esters is 1. The Bertz CT molecular complexity index is 1920. The molecule has 0 bridgehead atoms. The van der Waals surface area contributed by atoms with Gasteiger partial charge in [0.2, 0.25) is 0 Å². The molecule has 0 aromatic rings. The van der Waals surface area contributed by atoms with Gasteiger partial charge in [-0.25, -0.2) is 4.79 Å². The number of hydrogen-bond donors (Lipinski definition) is 18. The van der Waals surface area contributed by atoms with Crippen molar-refractivity contribution in [2.24, 2.45) is 41.2 Å². The summed E-state index contributed by atoms with van der Waals surface area (Å²) < 4.78 is 17.3. The smallest absolute Gasteiger partial charge is 0.333 e. The summed E-state index contributed by atoms with van der Waals surface area (Å²) in [6, 6.07) is 0. The van der Waals surface area contributed by atoms with E-state index in [0.29, 0.717) is 50.6 Å². The number of ether oxygens (including phenoxy) is 3. The molecule has 0 aliphatic carbocycles. The second kappa shape index (κ2) is 38.5. The lowest BCUT2D eigenvalue weighted by Crippen LogP contribution is -2.60. The highest BCUT2D eigenvalue weighted by molar-refractivity contribution is 5.87. The molecule has 19 N–H and O–H groups in total. The van der Waals surface area contributed by atoms with E-state index < -0.39 is 177 Å². The summed E-state index contributed by atoms with van der Waals surface area (Å²) in [5.41, 5.74) is 6.17. The van der Waals surface area contributed by atoms with Gasteiger partial charge in [0.25, 0.3) is 0 Å². The van der Waals surface area contributed by atoms with Crippen LogP contribution in [0.4, 0.5) is 0 Å². The molecule has 0 aromatic carbocycles. The Morgan fingerprint density at radius 2 is 1.22 bits per heavy atom. The van der Waals surface area contributed by atoms with Crippen LogP contribution in [-0.4, -0.2) is 228 Å². The number of aliphatic hydroxyl groups excluding tert-OH is 17. The zero-order valence-corrected chi connectivity index (χ0v) is 49.5. The lowest BCUT2D eigenvalue weighted by molar-refractivity contribution is -0.313. The summed E-state index contributed by atoms with van der Waals surface area (Å²) in [6.45, 7) is 12.7. The maximum atomic E-state index is 13.3. The molecule has 2 aliphatic rings. The van der Waals surface area contributed by atoms with Crippen molar-refractivity contribution < 1.29 is 106 Å². The highest BCUT2D eigenvalue weighted by Crippen LogP contribution is 2.30. The summed E-state index contributed by atoms with van der Waals surface area (Å²) in [5.74, 6) is -4.28. The maximum absolute atomic E-state index is 13.3. The van der Waals surface area contributed by atoms with Crippen LogP contribution in [0.1, 0.15) is 139 Å². The van der Waals surface area contributed by atoms with Crippen LogP contribution in [0, 0.1) is 35.5 Å². The second-order valence-corrected chi connectivity index (χ2v) is 23.7. The third-order valence-corrected chi connectivity index (χ3v) is 16.5. The van der Waals surface area contributed by atoms with Crippen LogP contribution in [0.15, 0.2) is 59.8 Å². The van der Waals surface area contributed by atoms with E-state index in [9.17, 15) is 91.6 Å². The van der Waals surface area contributed by atoms with Crippen molar-refractivity contribution in [2.45, 2.75) is 261 Å².